The van der Waals surface area contributed by atoms with Crippen LogP contribution in [-0.2, 0) is 14.3 Å². The van der Waals surface area contributed by atoms with E-state index < -0.39 is 5.92 Å². The van der Waals surface area contributed by atoms with Crippen LogP contribution in [0.3, 0.4) is 0 Å². The lowest BCUT2D eigenvalue weighted by atomic mass is 9.63. The molecule has 0 aromatic heterocycles. The molecule has 2 aliphatic carbocycles. The summed E-state index contributed by atoms with van der Waals surface area (Å²) in [6.07, 6.45) is 6.43. The fourth-order valence-corrected chi connectivity index (χ4v) is 5.55. The normalized spacial score (nSPS) is 25.8. The van der Waals surface area contributed by atoms with Crippen molar-refractivity contribution in [2.75, 3.05) is 6.61 Å². The Hall–Kier alpha value is -2.43. The van der Waals surface area contributed by atoms with Crippen molar-refractivity contribution in [3.8, 4) is 5.75 Å². The van der Waals surface area contributed by atoms with Crippen molar-refractivity contribution in [3.05, 3.63) is 41.1 Å². The first kappa shape index (κ1) is 22.8. The quantitative estimate of drug-likeness (QED) is 0.548. The van der Waals surface area contributed by atoms with E-state index >= 15 is 0 Å². The van der Waals surface area contributed by atoms with Gasteiger partial charge in [-0.3, -0.25) is 9.79 Å². The molecule has 1 unspecified atom stereocenters. The second-order valence-electron chi connectivity index (χ2n) is 10.2. The maximum atomic E-state index is 13.5. The number of aliphatic imine (C=N–C) groups is 1. The van der Waals surface area contributed by atoms with Gasteiger partial charge in [0.25, 0.3) is 0 Å². The average Bonchev–Trinajstić information content (AvgIpc) is 2.73. The van der Waals surface area contributed by atoms with Crippen LogP contribution in [-0.4, -0.2) is 30.2 Å². The number of fused-ring (bicyclic) bond motifs is 1. The summed E-state index contributed by atoms with van der Waals surface area (Å²) < 4.78 is 11.6. The Morgan fingerprint density at radius 2 is 1.75 bits per heavy atom. The smallest absolute Gasteiger partial charge is 0.336 e. The van der Waals surface area contributed by atoms with Crippen LogP contribution >= 0.6 is 0 Å². The molecule has 4 rings (SSSR count). The van der Waals surface area contributed by atoms with Crippen LogP contribution in [0.4, 0.5) is 0 Å². The minimum atomic E-state index is -0.404. The monoisotopic (exact) mass is 437 g/mol. The summed E-state index contributed by atoms with van der Waals surface area (Å²) in [4.78, 5) is 31.7. The molecule has 0 spiro atoms. The minimum absolute atomic E-state index is 0.0381. The van der Waals surface area contributed by atoms with Gasteiger partial charge >= 0.3 is 5.97 Å². The Bertz CT molecular complexity index is 935. The van der Waals surface area contributed by atoms with Gasteiger partial charge in [-0.1, -0.05) is 32.4 Å². The summed E-state index contributed by atoms with van der Waals surface area (Å²) in [7, 11) is 0. The van der Waals surface area contributed by atoms with Crippen LogP contribution in [0, 0.1) is 11.3 Å². The number of nitrogens with zero attached hydrogens (tertiary/aromatic N) is 1. The topological polar surface area (TPSA) is 65.0 Å². The van der Waals surface area contributed by atoms with Gasteiger partial charge < -0.3 is 9.47 Å². The highest BCUT2D eigenvalue weighted by Crippen LogP contribution is 2.47. The Labute approximate surface area is 191 Å². The standard InChI is InChI=1S/C27H35NO4/c1-5-31-19-13-11-18(12-14-19)24-23(26(30)32-20-9-7-6-8-10-20)17(2)28-21-15-27(3,4)16-22(29)25(21)24/h11-14,20,24-25H,5-10,15-16H2,1-4H3/t24-,25?/m1/s1. The second-order valence-corrected chi connectivity index (χ2v) is 10.2. The summed E-state index contributed by atoms with van der Waals surface area (Å²) in [5.74, 6) is -0.136. The van der Waals surface area contributed by atoms with Crippen LogP contribution in [0.25, 0.3) is 0 Å². The molecule has 32 heavy (non-hydrogen) atoms. The zero-order valence-electron chi connectivity index (χ0n) is 19.8. The third-order valence-corrected chi connectivity index (χ3v) is 6.96. The molecule has 0 N–H and O–H groups in total. The number of carbonyl (C=O) groups excluding carboxylic acids is 2. The Kier molecular flexibility index (Phi) is 6.55. The predicted molar refractivity (Wildman–Crippen MR) is 125 cm³/mol. The number of allylic oxidation sites excluding steroid dienone is 1. The third-order valence-electron chi connectivity index (χ3n) is 6.96. The first-order chi connectivity index (χ1) is 15.3. The molecular formula is C27H35NO4. The molecular weight excluding hydrogens is 402 g/mol. The summed E-state index contributed by atoms with van der Waals surface area (Å²) >= 11 is 0. The fourth-order valence-electron chi connectivity index (χ4n) is 5.55. The van der Waals surface area contributed by atoms with Crippen LogP contribution < -0.4 is 4.74 Å². The van der Waals surface area contributed by atoms with Gasteiger partial charge in [0.2, 0.25) is 0 Å². The molecule has 5 heteroatoms. The molecule has 0 saturated heterocycles. The van der Waals surface area contributed by atoms with E-state index in [1.54, 1.807) is 0 Å². The van der Waals surface area contributed by atoms with Crippen molar-refractivity contribution >= 4 is 17.5 Å². The van der Waals surface area contributed by atoms with Gasteiger partial charge in [-0.25, -0.2) is 4.79 Å². The maximum absolute atomic E-state index is 13.5. The Morgan fingerprint density at radius 3 is 2.41 bits per heavy atom. The van der Waals surface area contributed by atoms with E-state index in [4.69, 9.17) is 14.5 Å². The summed E-state index contributed by atoms with van der Waals surface area (Å²) in [5, 5.41) is 0. The van der Waals surface area contributed by atoms with Gasteiger partial charge in [0.1, 0.15) is 17.6 Å². The van der Waals surface area contributed by atoms with Gasteiger partial charge in [-0.05, 0) is 69.1 Å². The van der Waals surface area contributed by atoms with E-state index in [1.807, 2.05) is 38.1 Å². The van der Waals surface area contributed by atoms with Crippen LogP contribution in [0.2, 0.25) is 0 Å². The Morgan fingerprint density at radius 1 is 1.06 bits per heavy atom. The van der Waals surface area contributed by atoms with E-state index in [1.165, 1.54) is 6.42 Å². The van der Waals surface area contributed by atoms with Crippen LogP contribution in [0.5, 0.6) is 5.75 Å². The maximum Gasteiger partial charge on any atom is 0.336 e. The van der Waals surface area contributed by atoms with Crippen molar-refractivity contribution in [2.45, 2.75) is 84.7 Å². The van der Waals surface area contributed by atoms with Gasteiger partial charge in [0, 0.05) is 23.7 Å². The first-order valence-electron chi connectivity index (χ1n) is 12.0. The lowest BCUT2D eigenvalue weighted by Crippen LogP contribution is -2.44. The minimum Gasteiger partial charge on any atom is -0.494 e. The molecule has 1 heterocycles. The summed E-state index contributed by atoms with van der Waals surface area (Å²) in [5.41, 5.74) is 2.95. The van der Waals surface area contributed by atoms with Crippen LogP contribution in [0.1, 0.15) is 84.1 Å². The fraction of sp³-hybridized carbons (Fsp3) is 0.593. The molecule has 2 atom stereocenters. The van der Waals surface area contributed by atoms with E-state index in [-0.39, 0.29) is 29.2 Å². The number of benzene rings is 1. The van der Waals surface area contributed by atoms with Gasteiger partial charge in [0.05, 0.1) is 18.1 Å². The zero-order chi connectivity index (χ0) is 22.9. The molecule has 3 aliphatic rings. The molecule has 1 aromatic carbocycles. The Balaban J connectivity index is 1.73. The molecule has 2 fully saturated rings. The van der Waals surface area contributed by atoms with E-state index in [0.29, 0.717) is 24.3 Å². The highest BCUT2D eigenvalue weighted by molar-refractivity contribution is 6.12. The van der Waals surface area contributed by atoms with Gasteiger partial charge in [0.15, 0.2) is 0 Å². The van der Waals surface area contributed by atoms with E-state index in [0.717, 1.165) is 49.1 Å². The lowest BCUT2D eigenvalue weighted by molar-refractivity contribution is -0.146. The molecule has 1 aromatic rings. The van der Waals surface area contributed by atoms with Crippen molar-refractivity contribution in [2.24, 2.45) is 16.3 Å². The number of ether oxygens (including phenoxy) is 2. The van der Waals surface area contributed by atoms with E-state index in [9.17, 15) is 9.59 Å². The number of Topliss-reactive ketones (excluding diaryl/α,β-unsaturated/α-hetero) is 1. The average molecular weight is 438 g/mol. The van der Waals surface area contributed by atoms with Crippen molar-refractivity contribution in [3.63, 3.8) is 0 Å². The molecule has 5 nitrogen and oxygen atoms in total. The number of ketones is 1. The number of carbonyl (C=O) groups is 2. The molecule has 2 saturated carbocycles. The van der Waals surface area contributed by atoms with Gasteiger partial charge in [-0.15, -0.1) is 0 Å². The number of rotatable bonds is 5. The second kappa shape index (κ2) is 9.21. The molecule has 172 valence electrons. The van der Waals surface area contributed by atoms with Gasteiger partial charge in [-0.2, -0.15) is 0 Å². The number of hydrogen-bond donors (Lipinski definition) is 0. The van der Waals surface area contributed by atoms with Crippen molar-refractivity contribution < 1.29 is 19.1 Å². The highest BCUT2D eigenvalue weighted by Gasteiger charge is 2.47. The summed E-state index contributed by atoms with van der Waals surface area (Å²) in [6.45, 7) is 8.65. The predicted octanol–water partition coefficient (Wildman–Crippen LogP) is 5.78. The van der Waals surface area contributed by atoms with Crippen LogP contribution in [0.15, 0.2) is 40.5 Å². The van der Waals surface area contributed by atoms with E-state index in [2.05, 4.69) is 13.8 Å². The summed E-state index contributed by atoms with van der Waals surface area (Å²) in [6, 6.07) is 7.79. The number of hydrogen-bond acceptors (Lipinski definition) is 5. The largest absolute Gasteiger partial charge is 0.494 e. The first-order valence-corrected chi connectivity index (χ1v) is 12.0. The SMILES string of the molecule is CCOc1ccc([C@@H]2C(C(=O)OC3CCCCC3)=C(C)N=C3CC(C)(C)CC(=O)C32)cc1. The lowest BCUT2D eigenvalue weighted by Gasteiger charge is -2.41. The third kappa shape index (κ3) is 4.67. The molecule has 0 radical (unpaired) electrons. The zero-order valence-corrected chi connectivity index (χ0v) is 19.8. The van der Waals surface area contributed by atoms with Crippen molar-refractivity contribution in [1.29, 1.82) is 0 Å². The molecule has 0 bridgehead atoms. The number of esters is 1. The molecule has 0 amide bonds. The highest BCUT2D eigenvalue weighted by atomic mass is 16.5. The molecule has 1 aliphatic heterocycles. The van der Waals surface area contributed by atoms with Crippen molar-refractivity contribution in [1.82, 2.24) is 0 Å².